The minimum atomic E-state index is -0.466. The molecule has 0 N–H and O–H groups in total. The molecule has 2 aliphatic rings. The Morgan fingerprint density at radius 2 is 2.10 bits per heavy atom. The summed E-state index contributed by atoms with van der Waals surface area (Å²) < 4.78 is 20.2. The summed E-state index contributed by atoms with van der Waals surface area (Å²) in [5.74, 6) is 1.10. The van der Waals surface area contributed by atoms with E-state index in [2.05, 4.69) is 21.0 Å². The first kappa shape index (κ1) is 20.5. The Morgan fingerprint density at radius 3 is 2.79 bits per heavy atom. The predicted molar refractivity (Wildman–Crippen MR) is 113 cm³/mol. The van der Waals surface area contributed by atoms with E-state index in [1.807, 2.05) is 43.8 Å². The van der Waals surface area contributed by atoms with Crippen molar-refractivity contribution in [3.05, 3.63) is 22.8 Å². The minimum absolute atomic E-state index is 0.00809. The van der Waals surface area contributed by atoms with Crippen molar-refractivity contribution in [3.8, 4) is 5.75 Å². The fourth-order valence-electron chi connectivity index (χ4n) is 3.66. The zero-order valence-corrected chi connectivity index (χ0v) is 18.8. The molecule has 1 atom stereocenters. The number of benzene rings is 1. The number of ether oxygens (including phenoxy) is 3. The van der Waals surface area contributed by atoms with E-state index < -0.39 is 5.60 Å². The topological polar surface area (TPSA) is 65.8 Å². The zero-order chi connectivity index (χ0) is 20.6. The Hall–Kier alpha value is -1.80. The minimum Gasteiger partial charge on any atom is -0.492 e. The van der Waals surface area contributed by atoms with Gasteiger partial charge in [-0.3, -0.25) is 0 Å². The first-order valence-corrected chi connectivity index (χ1v) is 11.0. The molecule has 0 bridgehead atoms. The van der Waals surface area contributed by atoms with E-state index in [1.54, 1.807) is 4.90 Å². The number of nitrogens with zero attached hydrogens (tertiary/aromatic N) is 3. The molecule has 2 aromatic rings. The Bertz CT molecular complexity index is 880. The van der Waals surface area contributed by atoms with Crippen LogP contribution in [-0.4, -0.2) is 52.7 Å². The maximum atomic E-state index is 12.0. The van der Waals surface area contributed by atoms with Crippen LogP contribution in [0.5, 0.6) is 5.75 Å². The number of halogens is 1. The molecular formula is C21H28BrN3O4. The van der Waals surface area contributed by atoms with Gasteiger partial charge in [-0.25, -0.2) is 9.48 Å². The lowest BCUT2D eigenvalue weighted by Gasteiger charge is -2.39. The summed E-state index contributed by atoms with van der Waals surface area (Å²) in [5, 5.41) is 5.57. The summed E-state index contributed by atoms with van der Waals surface area (Å²) in [7, 11) is 0. The Labute approximate surface area is 179 Å². The molecule has 0 spiro atoms. The summed E-state index contributed by atoms with van der Waals surface area (Å²) in [4.78, 5) is 13.7. The number of carbonyl (C=O) groups is 1. The molecule has 0 aliphatic carbocycles. The lowest BCUT2D eigenvalue weighted by Crippen LogP contribution is -2.53. The van der Waals surface area contributed by atoms with Crippen molar-refractivity contribution < 1.29 is 19.0 Å². The Morgan fingerprint density at radius 1 is 1.31 bits per heavy atom. The molecule has 2 aliphatic heterocycles. The molecule has 0 radical (unpaired) electrons. The van der Waals surface area contributed by atoms with Gasteiger partial charge in [-0.05, 0) is 68.1 Å². The first-order chi connectivity index (χ1) is 13.8. The SMILES string of the molecule is CC(C)(C)OC(=O)N1CC(COc2cc3cnn(C4CCCCO4)c3cc2Br)C1. The van der Waals surface area contributed by atoms with E-state index in [0.29, 0.717) is 25.6 Å². The number of hydrogen-bond donors (Lipinski definition) is 0. The van der Waals surface area contributed by atoms with Crippen LogP contribution in [0, 0.1) is 5.92 Å². The maximum Gasteiger partial charge on any atom is 0.410 e. The second-order valence-electron chi connectivity index (χ2n) is 8.81. The largest absolute Gasteiger partial charge is 0.492 e. The number of likely N-dealkylation sites (tertiary alicyclic amines) is 1. The highest BCUT2D eigenvalue weighted by Gasteiger charge is 2.34. The van der Waals surface area contributed by atoms with E-state index in [0.717, 1.165) is 47.0 Å². The molecule has 158 valence electrons. The van der Waals surface area contributed by atoms with Gasteiger partial charge in [0.05, 0.1) is 22.8 Å². The molecular weight excluding hydrogens is 438 g/mol. The van der Waals surface area contributed by atoms with Gasteiger partial charge in [-0.15, -0.1) is 0 Å². The summed E-state index contributed by atoms with van der Waals surface area (Å²) in [6.45, 7) is 8.29. The highest BCUT2D eigenvalue weighted by Crippen LogP contribution is 2.34. The van der Waals surface area contributed by atoms with Gasteiger partial charge in [0.25, 0.3) is 0 Å². The zero-order valence-electron chi connectivity index (χ0n) is 17.2. The lowest BCUT2D eigenvalue weighted by molar-refractivity contribution is -0.0366. The summed E-state index contributed by atoms with van der Waals surface area (Å²) in [6, 6.07) is 4.06. The van der Waals surface area contributed by atoms with Crippen molar-refractivity contribution in [1.82, 2.24) is 14.7 Å². The van der Waals surface area contributed by atoms with Crippen molar-refractivity contribution in [2.75, 3.05) is 26.3 Å². The number of amides is 1. The first-order valence-electron chi connectivity index (χ1n) is 10.2. The number of hydrogen-bond acceptors (Lipinski definition) is 5. The average molecular weight is 466 g/mol. The van der Waals surface area contributed by atoms with Gasteiger partial charge in [-0.2, -0.15) is 5.10 Å². The van der Waals surface area contributed by atoms with E-state index in [4.69, 9.17) is 14.2 Å². The third-order valence-corrected chi connectivity index (χ3v) is 5.78. The van der Waals surface area contributed by atoms with Crippen molar-refractivity contribution in [1.29, 1.82) is 0 Å². The van der Waals surface area contributed by atoms with Gasteiger partial charge in [0.1, 0.15) is 11.4 Å². The molecule has 2 fully saturated rings. The summed E-state index contributed by atoms with van der Waals surface area (Å²) >= 11 is 3.63. The van der Waals surface area contributed by atoms with Crippen LogP contribution in [0.2, 0.25) is 0 Å². The molecule has 8 heteroatoms. The molecule has 1 aromatic carbocycles. The molecule has 3 heterocycles. The standard InChI is InChI=1S/C21H28BrN3O4/c1-21(2,3)29-20(26)24-11-14(12-24)13-28-18-8-15-10-23-25(17(15)9-16(18)22)19-6-4-5-7-27-19/h8-10,14,19H,4-7,11-13H2,1-3H3. The monoisotopic (exact) mass is 465 g/mol. The van der Waals surface area contributed by atoms with Crippen molar-refractivity contribution in [2.45, 2.75) is 51.9 Å². The van der Waals surface area contributed by atoms with E-state index in [-0.39, 0.29) is 12.3 Å². The second-order valence-corrected chi connectivity index (χ2v) is 9.67. The van der Waals surface area contributed by atoms with E-state index >= 15 is 0 Å². The lowest BCUT2D eigenvalue weighted by atomic mass is 10.0. The van der Waals surface area contributed by atoms with Crippen LogP contribution >= 0.6 is 15.9 Å². The predicted octanol–water partition coefficient (Wildman–Crippen LogP) is 4.74. The van der Waals surface area contributed by atoms with Crippen LogP contribution in [-0.2, 0) is 9.47 Å². The third kappa shape index (κ3) is 4.69. The molecule has 29 heavy (non-hydrogen) atoms. The van der Waals surface area contributed by atoms with Crippen LogP contribution in [0.1, 0.15) is 46.3 Å². The van der Waals surface area contributed by atoms with Crippen LogP contribution in [0.25, 0.3) is 10.9 Å². The van der Waals surface area contributed by atoms with Gasteiger partial charge < -0.3 is 19.1 Å². The third-order valence-electron chi connectivity index (χ3n) is 5.16. The molecule has 7 nitrogen and oxygen atoms in total. The van der Waals surface area contributed by atoms with Gasteiger partial charge >= 0.3 is 6.09 Å². The maximum absolute atomic E-state index is 12.0. The molecule has 2 saturated heterocycles. The average Bonchev–Trinajstić information content (AvgIpc) is 3.02. The van der Waals surface area contributed by atoms with Crippen LogP contribution in [0.4, 0.5) is 4.79 Å². The number of carbonyl (C=O) groups excluding carboxylic acids is 1. The Balaban J connectivity index is 1.35. The second kappa shape index (κ2) is 8.14. The van der Waals surface area contributed by atoms with Crippen LogP contribution in [0.3, 0.4) is 0 Å². The highest BCUT2D eigenvalue weighted by molar-refractivity contribution is 9.10. The van der Waals surface area contributed by atoms with E-state index in [9.17, 15) is 4.79 Å². The summed E-state index contributed by atoms with van der Waals surface area (Å²) in [6.07, 6.45) is 4.88. The van der Waals surface area contributed by atoms with Crippen molar-refractivity contribution in [3.63, 3.8) is 0 Å². The van der Waals surface area contributed by atoms with Crippen molar-refractivity contribution >= 4 is 32.9 Å². The van der Waals surface area contributed by atoms with Gasteiger partial charge in [0.15, 0.2) is 6.23 Å². The fraction of sp³-hybridized carbons (Fsp3) is 0.619. The molecule has 1 aromatic heterocycles. The molecule has 4 rings (SSSR count). The highest BCUT2D eigenvalue weighted by atomic mass is 79.9. The van der Waals surface area contributed by atoms with Crippen LogP contribution < -0.4 is 4.74 Å². The number of aromatic nitrogens is 2. The van der Waals surface area contributed by atoms with E-state index in [1.165, 1.54) is 0 Å². The van der Waals surface area contributed by atoms with Gasteiger partial charge in [0, 0.05) is 31.0 Å². The quantitative estimate of drug-likeness (QED) is 0.651. The normalized spacial score (nSPS) is 20.6. The van der Waals surface area contributed by atoms with Gasteiger partial charge in [0.2, 0.25) is 0 Å². The van der Waals surface area contributed by atoms with Crippen LogP contribution in [0.15, 0.2) is 22.8 Å². The number of fused-ring (bicyclic) bond motifs is 1. The molecule has 0 saturated carbocycles. The molecule has 1 amide bonds. The smallest absolute Gasteiger partial charge is 0.410 e. The number of rotatable bonds is 4. The molecule has 1 unspecified atom stereocenters. The fourth-order valence-corrected chi connectivity index (χ4v) is 4.11. The van der Waals surface area contributed by atoms with Gasteiger partial charge in [-0.1, -0.05) is 0 Å². The summed E-state index contributed by atoms with van der Waals surface area (Å²) in [5.41, 5.74) is 0.572. The Kier molecular flexibility index (Phi) is 5.75. The van der Waals surface area contributed by atoms with Crippen molar-refractivity contribution in [2.24, 2.45) is 5.92 Å².